The second kappa shape index (κ2) is 8.57. The summed E-state index contributed by atoms with van der Waals surface area (Å²) in [5, 5.41) is 0. The van der Waals surface area contributed by atoms with Crippen LogP contribution in [0.2, 0.25) is 0 Å². The molecule has 0 aliphatic rings. The number of aryl methyl sites for hydroxylation is 1. The molecule has 2 aromatic carbocycles. The molecule has 156 valence electrons. The third kappa shape index (κ3) is 4.45. The molecule has 1 heterocycles. The fourth-order valence-corrected chi connectivity index (χ4v) is 3.30. The average Bonchev–Trinajstić information content (AvgIpc) is 2.71. The lowest BCUT2D eigenvalue weighted by Crippen LogP contribution is -2.37. The van der Waals surface area contributed by atoms with Crippen LogP contribution < -0.4 is 10.5 Å². The van der Waals surface area contributed by atoms with Gasteiger partial charge in [-0.15, -0.1) is 0 Å². The maximum Gasteiger partial charge on any atom is 0.416 e. The number of hydrogen-bond donors (Lipinski definition) is 0. The van der Waals surface area contributed by atoms with Crippen LogP contribution in [0, 0.1) is 6.92 Å². The molecular formula is C23H21F3N2O2. The standard InChI is InChI=1S/C23H21F3N2O2/c1-3-28(20-12-5-4-8-16(20)2)22(30)19-11-7-13-27(21(19)29)15-17-9-6-10-18(14-17)23(24,25)26/h4-14H,3,15H2,1-2H3. The van der Waals surface area contributed by atoms with Gasteiger partial charge < -0.3 is 9.47 Å². The molecule has 0 fully saturated rings. The highest BCUT2D eigenvalue weighted by atomic mass is 19.4. The number of rotatable bonds is 5. The van der Waals surface area contributed by atoms with Crippen molar-refractivity contribution >= 4 is 11.6 Å². The number of hydrogen-bond acceptors (Lipinski definition) is 2. The molecule has 30 heavy (non-hydrogen) atoms. The normalized spacial score (nSPS) is 11.4. The van der Waals surface area contributed by atoms with Gasteiger partial charge in [0.15, 0.2) is 0 Å². The van der Waals surface area contributed by atoms with Crippen molar-refractivity contribution in [1.82, 2.24) is 4.57 Å². The molecule has 0 bridgehead atoms. The topological polar surface area (TPSA) is 42.3 Å². The number of carbonyl (C=O) groups is 1. The maximum absolute atomic E-state index is 13.1. The smallest absolute Gasteiger partial charge is 0.310 e. The third-order valence-corrected chi connectivity index (χ3v) is 4.83. The van der Waals surface area contributed by atoms with Crippen molar-refractivity contribution in [1.29, 1.82) is 0 Å². The molecule has 0 saturated carbocycles. The molecular weight excluding hydrogens is 393 g/mol. The summed E-state index contributed by atoms with van der Waals surface area (Å²) in [6, 6.07) is 15.2. The number of aromatic nitrogens is 1. The van der Waals surface area contributed by atoms with Crippen molar-refractivity contribution in [2.75, 3.05) is 11.4 Å². The Bertz CT molecular complexity index is 1120. The van der Waals surface area contributed by atoms with Crippen LogP contribution in [0.25, 0.3) is 0 Å². The Morgan fingerprint density at radius 1 is 1.03 bits per heavy atom. The van der Waals surface area contributed by atoms with Crippen LogP contribution in [-0.4, -0.2) is 17.0 Å². The zero-order valence-corrected chi connectivity index (χ0v) is 16.6. The Morgan fingerprint density at radius 3 is 2.43 bits per heavy atom. The van der Waals surface area contributed by atoms with Crippen LogP contribution in [0.3, 0.4) is 0 Å². The first-order valence-electron chi connectivity index (χ1n) is 9.45. The fourth-order valence-electron chi connectivity index (χ4n) is 3.30. The molecule has 1 aromatic heterocycles. The Kier molecular flexibility index (Phi) is 6.10. The van der Waals surface area contributed by atoms with Crippen LogP contribution in [0.4, 0.5) is 18.9 Å². The highest BCUT2D eigenvalue weighted by molar-refractivity contribution is 6.06. The lowest BCUT2D eigenvalue weighted by atomic mass is 10.1. The van der Waals surface area contributed by atoms with Crippen molar-refractivity contribution in [2.45, 2.75) is 26.6 Å². The van der Waals surface area contributed by atoms with E-state index in [-0.39, 0.29) is 12.1 Å². The van der Waals surface area contributed by atoms with Crippen molar-refractivity contribution in [3.8, 4) is 0 Å². The first-order chi connectivity index (χ1) is 14.2. The molecule has 0 saturated heterocycles. The van der Waals surface area contributed by atoms with E-state index in [9.17, 15) is 22.8 Å². The van der Waals surface area contributed by atoms with Gasteiger partial charge >= 0.3 is 6.18 Å². The Labute approximate surface area is 172 Å². The van der Waals surface area contributed by atoms with E-state index in [1.807, 2.05) is 32.0 Å². The zero-order valence-electron chi connectivity index (χ0n) is 16.6. The van der Waals surface area contributed by atoms with E-state index in [1.165, 1.54) is 33.9 Å². The van der Waals surface area contributed by atoms with Crippen molar-refractivity contribution in [2.24, 2.45) is 0 Å². The van der Waals surface area contributed by atoms with Crippen LogP contribution >= 0.6 is 0 Å². The number of alkyl halides is 3. The molecule has 0 atom stereocenters. The molecule has 0 aliphatic carbocycles. The number of halogens is 3. The summed E-state index contributed by atoms with van der Waals surface area (Å²) in [6.07, 6.45) is -3.00. The molecule has 0 spiro atoms. The lowest BCUT2D eigenvalue weighted by Gasteiger charge is -2.23. The van der Waals surface area contributed by atoms with Gasteiger partial charge in [-0.05, 0) is 55.3 Å². The SMILES string of the molecule is CCN(C(=O)c1cccn(Cc2cccc(C(F)(F)F)c2)c1=O)c1ccccc1C. The molecule has 0 N–H and O–H groups in total. The molecule has 0 radical (unpaired) electrons. The quantitative estimate of drug-likeness (QED) is 0.597. The highest BCUT2D eigenvalue weighted by Crippen LogP contribution is 2.29. The van der Waals surface area contributed by atoms with E-state index in [4.69, 9.17) is 0 Å². The van der Waals surface area contributed by atoms with Gasteiger partial charge in [0, 0.05) is 18.4 Å². The van der Waals surface area contributed by atoms with E-state index in [0.717, 1.165) is 17.7 Å². The maximum atomic E-state index is 13.1. The number of para-hydroxylation sites is 1. The first kappa shape index (κ1) is 21.4. The summed E-state index contributed by atoms with van der Waals surface area (Å²) in [5.41, 5.74) is 0.562. The van der Waals surface area contributed by atoms with E-state index in [0.29, 0.717) is 17.8 Å². The number of nitrogens with zero attached hydrogens (tertiary/aromatic N) is 2. The van der Waals surface area contributed by atoms with Gasteiger partial charge in [0.25, 0.3) is 11.5 Å². The van der Waals surface area contributed by atoms with Gasteiger partial charge in [-0.3, -0.25) is 9.59 Å². The first-order valence-corrected chi connectivity index (χ1v) is 9.45. The largest absolute Gasteiger partial charge is 0.416 e. The van der Waals surface area contributed by atoms with Crippen LogP contribution in [-0.2, 0) is 12.7 Å². The van der Waals surface area contributed by atoms with Gasteiger partial charge in [-0.2, -0.15) is 13.2 Å². The van der Waals surface area contributed by atoms with E-state index < -0.39 is 23.2 Å². The van der Waals surface area contributed by atoms with Crippen LogP contribution in [0.15, 0.2) is 71.7 Å². The summed E-state index contributed by atoms with van der Waals surface area (Å²) in [4.78, 5) is 27.5. The summed E-state index contributed by atoms with van der Waals surface area (Å²) in [6.45, 7) is 3.99. The van der Waals surface area contributed by atoms with Crippen LogP contribution in [0.5, 0.6) is 0 Å². The van der Waals surface area contributed by atoms with E-state index in [2.05, 4.69) is 0 Å². The minimum Gasteiger partial charge on any atom is -0.310 e. The predicted octanol–water partition coefficient (Wildman–Crippen LogP) is 4.89. The summed E-state index contributed by atoms with van der Waals surface area (Å²) < 4.78 is 40.1. The lowest BCUT2D eigenvalue weighted by molar-refractivity contribution is -0.137. The van der Waals surface area contributed by atoms with Crippen LogP contribution in [0.1, 0.15) is 34.0 Å². The van der Waals surface area contributed by atoms with Crippen molar-refractivity contribution in [3.05, 3.63) is 99.5 Å². The highest BCUT2D eigenvalue weighted by Gasteiger charge is 2.30. The van der Waals surface area contributed by atoms with E-state index >= 15 is 0 Å². The number of amides is 1. The van der Waals surface area contributed by atoms with Gasteiger partial charge in [-0.25, -0.2) is 0 Å². The second-order valence-corrected chi connectivity index (χ2v) is 6.89. The summed E-state index contributed by atoms with van der Waals surface area (Å²) in [5.74, 6) is -0.449. The second-order valence-electron chi connectivity index (χ2n) is 6.89. The number of benzene rings is 2. The molecule has 0 unspecified atom stereocenters. The Morgan fingerprint density at radius 2 is 1.77 bits per heavy atom. The molecule has 1 amide bonds. The van der Waals surface area contributed by atoms with Gasteiger partial charge in [-0.1, -0.05) is 30.3 Å². The monoisotopic (exact) mass is 414 g/mol. The van der Waals surface area contributed by atoms with Gasteiger partial charge in [0.1, 0.15) is 5.56 Å². The van der Waals surface area contributed by atoms with Crippen molar-refractivity contribution < 1.29 is 18.0 Å². The number of pyridine rings is 1. The zero-order chi connectivity index (χ0) is 21.9. The van der Waals surface area contributed by atoms with Gasteiger partial charge in [0.05, 0.1) is 12.1 Å². The number of anilines is 1. The molecule has 3 aromatic rings. The minimum atomic E-state index is -4.46. The summed E-state index contributed by atoms with van der Waals surface area (Å²) in [7, 11) is 0. The van der Waals surface area contributed by atoms with Gasteiger partial charge in [0.2, 0.25) is 0 Å². The summed E-state index contributed by atoms with van der Waals surface area (Å²) >= 11 is 0. The average molecular weight is 414 g/mol. The molecule has 0 aliphatic heterocycles. The minimum absolute atomic E-state index is 0.0328. The Balaban J connectivity index is 1.94. The third-order valence-electron chi connectivity index (χ3n) is 4.83. The molecule has 3 rings (SSSR count). The fraction of sp³-hybridized carbons (Fsp3) is 0.217. The predicted molar refractivity (Wildman–Crippen MR) is 110 cm³/mol. The molecule has 7 heteroatoms. The molecule has 4 nitrogen and oxygen atoms in total. The Hall–Kier alpha value is -3.35. The van der Waals surface area contributed by atoms with E-state index in [1.54, 1.807) is 12.1 Å². The van der Waals surface area contributed by atoms with Crippen molar-refractivity contribution in [3.63, 3.8) is 0 Å². The number of carbonyl (C=O) groups excluding carboxylic acids is 1.